The zero-order valence-corrected chi connectivity index (χ0v) is 11.2. The molecule has 1 aliphatic heterocycles. The number of aliphatic hydroxyl groups is 3. The summed E-state index contributed by atoms with van der Waals surface area (Å²) in [6, 6.07) is 3.25. The van der Waals surface area contributed by atoms with E-state index in [1.807, 2.05) is 0 Å². The molecule has 0 radical (unpaired) electrons. The van der Waals surface area contributed by atoms with E-state index >= 15 is 0 Å². The number of carbonyl (C=O) groups excluding carboxylic acids is 1. The summed E-state index contributed by atoms with van der Waals surface area (Å²) in [5.74, 6) is -1.55. The molecular weight excluding hydrogens is 300 g/mol. The number of nitrogens with zero attached hydrogens (tertiary/aromatic N) is 1. The fourth-order valence-corrected chi connectivity index (χ4v) is 2.11. The van der Waals surface area contributed by atoms with E-state index in [2.05, 4.69) is 5.32 Å². The Labute approximate surface area is 124 Å². The minimum absolute atomic E-state index is 0.0691. The molecule has 4 atom stereocenters. The fourth-order valence-electron chi connectivity index (χ4n) is 2.11. The molecule has 0 saturated carbocycles. The standard InChI is InChI=1S/C12H16N2O8/c15-4-8-9(16)10(17)11(22-8)13-6-1-5(12(18)19)2-7(3-6)14(20)21/h1-3,8-11,13,15-17,20-21H,4H2,(H,18,19)/p-1/t8-,9+,10-,11+/m0/s1. The molecular formula is C12H15N2O8-. The van der Waals surface area contributed by atoms with Crippen LogP contribution in [0, 0.1) is 0 Å². The Hall–Kier alpha value is -1.95. The summed E-state index contributed by atoms with van der Waals surface area (Å²) < 4.78 is 5.18. The number of aliphatic hydroxyl groups excluding tert-OH is 3. The van der Waals surface area contributed by atoms with E-state index in [-0.39, 0.29) is 22.2 Å². The summed E-state index contributed by atoms with van der Waals surface area (Å²) in [6.07, 6.45) is -4.81. The first kappa shape index (κ1) is 16.4. The number of carbonyl (C=O) groups is 1. The van der Waals surface area contributed by atoms with Crippen LogP contribution in [0.1, 0.15) is 10.4 Å². The van der Waals surface area contributed by atoms with Crippen LogP contribution in [0.4, 0.5) is 11.4 Å². The summed E-state index contributed by atoms with van der Waals surface area (Å²) >= 11 is 0. The molecule has 0 bridgehead atoms. The highest BCUT2D eigenvalue weighted by molar-refractivity contribution is 5.88. The quantitative estimate of drug-likeness (QED) is 0.319. The van der Waals surface area contributed by atoms with Gasteiger partial charge in [-0.05, 0) is 18.2 Å². The van der Waals surface area contributed by atoms with Crippen molar-refractivity contribution < 1.29 is 40.4 Å². The maximum absolute atomic E-state index is 10.9. The molecule has 1 fully saturated rings. The van der Waals surface area contributed by atoms with Crippen molar-refractivity contribution in [2.45, 2.75) is 24.5 Å². The van der Waals surface area contributed by atoms with Gasteiger partial charge in [-0.2, -0.15) is 0 Å². The topological polar surface area (TPSA) is 166 Å². The number of benzene rings is 1. The van der Waals surface area contributed by atoms with Gasteiger partial charge in [-0.25, -0.2) is 0 Å². The Morgan fingerprint density at radius 2 is 1.95 bits per heavy atom. The van der Waals surface area contributed by atoms with Gasteiger partial charge in [0.05, 0.1) is 18.3 Å². The van der Waals surface area contributed by atoms with Crippen LogP contribution in [0.2, 0.25) is 0 Å². The van der Waals surface area contributed by atoms with E-state index < -0.39 is 37.1 Å². The molecule has 0 amide bonds. The van der Waals surface area contributed by atoms with Crippen molar-refractivity contribution in [2.24, 2.45) is 0 Å². The first-order valence-corrected chi connectivity index (χ1v) is 6.26. The van der Waals surface area contributed by atoms with E-state index in [1.165, 1.54) is 6.07 Å². The monoisotopic (exact) mass is 315 g/mol. The second-order valence-corrected chi connectivity index (χ2v) is 4.75. The summed E-state index contributed by atoms with van der Waals surface area (Å²) in [4.78, 5) is 10.9. The second kappa shape index (κ2) is 6.44. The number of hydrogen-bond acceptors (Lipinski definition) is 10. The minimum atomic E-state index is -1.55. The van der Waals surface area contributed by atoms with E-state index in [0.29, 0.717) is 0 Å². The molecule has 10 nitrogen and oxygen atoms in total. The zero-order valence-electron chi connectivity index (χ0n) is 11.2. The third-order valence-electron chi connectivity index (χ3n) is 3.24. The van der Waals surface area contributed by atoms with Crippen molar-refractivity contribution in [2.75, 3.05) is 17.2 Å². The molecule has 0 aromatic heterocycles. The lowest BCUT2D eigenvalue weighted by molar-refractivity contribution is -0.255. The van der Waals surface area contributed by atoms with Crippen LogP contribution in [-0.2, 0) is 4.74 Å². The lowest BCUT2D eigenvalue weighted by Gasteiger charge is -2.20. The molecule has 1 aromatic carbocycles. The number of hydrogen-bond donors (Lipinski definition) is 6. The maximum Gasteiger partial charge on any atom is 0.157 e. The molecule has 1 aromatic rings. The highest BCUT2D eigenvalue weighted by Crippen LogP contribution is 2.26. The molecule has 0 aliphatic carbocycles. The lowest BCUT2D eigenvalue weighted by Crippen LogP contribution is -2.36. The maximum atomic E-state index is 10.9. The van der Waals surface area contributed by atoms with Gasteiger partial charge in [0.25, 0.3) is 0 Å². The van der Waals surface area contributed by atoms with E-state index in [9.17, 15) is 20.1 Å². The van der Waals surface area contributed by atoms with Crippen molar-refractivity contribution in [3.63, 3.8) is 0 Å². The van der Waals surface area contributed by atoms with Gasteiger partial charge in [0.1, 0.15) is 18.3 Å². The number of carboxylic acid groups (broad SMARTS) is 1. The van der Waals surface area contributed by atoms with Crippen LogP contribution in [-0.4, -0.2) is 62.9 Å². The summed E-state index contributed by atoms with van der Waals surface area (Å²) in [7, 11) is 0. The van der Waals surface area contributed by atoms with Crippen molar-refractivity contribution >= 4 is 17.3 Å². The third kappa shape index (κ3) is 3.27. The predicted molar refractivity (Wildman–Crippen MR) is 68.2 cm³/mol. The van der Waals surface area contributed by atoms with Crippen molar-refractivity contribution in [1.29, 1.82) is 0 Å². The molecule has 1 heterocycles. The number of carboxylic acids is 1. The lowest BCUT2D eigenvalue weighted by atomic mass is 10.1. The largest absolute Gasteiger partial charge is 0.545 e. The molecule has 6 N–H and O–H groups in total. The van der Waals surface area contributed by atoms with Gasteiger partial charge in [0, 0.05) is 11.3 Å². The number of aromatic carboxylic acids is 1. The number of anilines is 2. The van der Waals surface area contributed by atoms with Gasteiger partial charge < -0.3 is 35.3 Å². The van der Waals surface area contributed by atoms with Crippen molar-refractivity contribution in [3.8, 4) is 0 Å². The first-order chi connectivity index (χ1) is 10.3. The van der Waals surface area contributed by atoms with E-state index in [4.69, 9.17) is 20.3 Å². The van der Waals surface area contributed by atoms with Gasteiger partial charge in [-0.15, -0.1) is 5.23 Å². The molecule has 1 saturated heterocycles. The van der Waals surface area contributed by atoms with Gasteiger partial charge in [0.15, 0.2) is 6.23 Å². The average Bonchev–Trinajstić information content (AvgIpc) is 2.74. The molecule has 0 spiro atoms. The van der Waals surface area contributed by atoms with E-state index in [0.717, 1.165) is 12.1 Å². The number of rotatable bonds is 5. The van der Waals surface area contributed by atoms with Gasteiger partial charge in [-0.1, -0.05) is 0 Å². The van der Waals surface area contributed by atoms with Crippen LogP contribution in [0.15, 0.2) is 18.2 Å². The Bertz CT molecular complexity index is 552. The Morgan fingerprint density at radius 1 is 1.27 bits per heavy atom. The van der Waals surface area contributed by atoms with E-state index in [1.54, 1.807) is 0 Å². The first-order valence-electron chi connectivity index (χ1n) is 6.26. The normalized spacial score (nSPS) is 27.7. The highest BCUT2D eigenvalue weighted by atomic mass is 16.8. The number of ether oxygens (including phenoxy) is 1. The molecule has 0 unspecified atom stereocenters. The van der Waals surface area contributed by atoms with Crippen LogP contribution in [0.3, 0.4) is 0 Å². The SMILES string of the molecule is O=C([O-])c1cc(N[C@@H]2O[C@@H](CO)[C@@H](O)[C@@H]2O)cc(N(O)O)c1. The smallest absolute Gasteiger partial charge is 0.157 e. The number of nitrogens with one attached hydrogen (secondary N) is 1. The Kier molecular flexibility index (Phi) is 4.81. The Morgan fingerprint density at radius 3 is 2.45 bits per heavy atom. The molecule has 1 aliphatic rings. The van der Waals surface area contributed by atoms with Gasteiger partial charge in [0.2, 0.25) is 0 Å². The third-order valence-corrected chi connectivity index (χ3v) is 3.24. The average molecular weight is 315 g/mol. The summed E-state index contributed by atoms with van der Waals surface area (Å²) in [5.41, 5.74) is -0.546. The molecule has 10 heteroatoms. The molecule has 2 rings (SSSR count). The minimum Gasteiger partial charge on any atom is -0.545 e. The predicted octanol–water partition coefficient (Wildman–Crippen LogP) is -2.51. The molecule has 22 heavy (non-hydrogen) atoms. The van der Waals surface area contributed by atoms with Gasteiger partial charge >= 0.3 is 0 Å². The summed E-state index contributed by atoms with van der Waals surface area (Å²) in [5, 5.41) is 59.6. The van der Waals surface area contributed by atoms with Gasteiger partial charge in [-0.3, -0.25) is 10.4 Å². The summed E-state index contributed by atoms with van der Waals surface area (Å²) in [6.45, 7) is -0.512. The Balaban J connectivity index is 2.24. The fraction of sp³-hybridized carbons (Fsp3) is 0.417. The molecule has 122 valence electrons. The highest BCUT2D eigenvalue weighted by Gasteiger charge is 2.42. The van der Waals surface area contributed by atoms with Crippen molar-refractivity contribution in [3.05, 3.63) is 23.8 Å². The van der Waals surface area contributed by atoms with Crippen LogP contribution in [0.25, 0.3) is 0 Å². The van der Waals surface area contributed by atoms with Crippen molar-refractivity contribution in [1.82, 2.24) is 0 Å². The van der Waals surface area contributed by atoms with Crippen LogP contribution < -0.4 is 15.6 Å². The van der Waals surface area contributed by atoms with Crippen LogP contribution in [0.5, 0.6) is 0 Å². The zero-order chi connectivity index (χ0) is 16.4. The van der Waals surface area contributed by atoms with Crippen LogP contribution >= 0.6 is 0 Å². The second-order valence-electron chi connectivity index (χ2n) is 4.75.